The van der Waals surface area contributed by atoms with Crippen molar-refractivity contribution in [1.82, 2.24) is 14.8 Å². The van der Waals surface area contributed by atoms with Crippen molar-refractivity contribution in [3.8, 4) is 0 Å². The number of nitrogens with zero attached hydrogens (tertiary/aromatic N) is 4. The molecule has 0 bridgehead atoms. The van der Waals surface area contributed by atoms with Gasteiger partial charge in [0.15, 0.2) is 0 Å². The number of carbonyl (C=O) groups excluding carboxylic acids is 1. The van der Waals surface area contributed by atoms with E-state index in [0.29, 0.717) is 6.54 Å². The lowest BCUT2D eigenvalue weighted by atomic mass is 10.2. The Hall–Kier alpha value is -1.66. The number of piperazine rings is 1. The van der Waals surface area contributed by atoms with Gasteiger partial charge in [-0.1, -0.05) is 12.1 Å². The number of amides is 1. The van der Waals surface area contributed by atoms with Gasteiger partial charge < -0.3 is 14.7 Å². The molecule has 0 atom stereocenters. The van der Waals surface area contributed by atoms with Crippen molar-refractivity contribution in [3.05, 3.63) is 34.8 Å². The molecule has 1 aliphatic heterocycles. The van der Waals surface area contributed by atoms with E-state index in [1.165, 1.54) is 0 Å². The van der Waals surface area contributed by atoms with Crippen LogP contribution < -0.4 is 4.90 Å². The molecule has 0 aliphatic carbocycles. The molecule has 0 N–H and O–H groups in total. The van der Waals surface area contributed by atoms with E-state index >= 15 is 0 Å². The maximum absolute atomic E-state index is 12.1. The zero-order chi connectivity index (χ0) is 16.4. The number of hydrogen-bond donors (Lipinski definition) is 0. The molecule has 2 heterocycles. The van der Waals surface area contributed by atoms with Crippen LogP contribution in [0.1, 0.15) is 0 Å². The lowest BCUT2D eigenvalue weighted by molar-refractivity contribution is -0.132. The second kappa shape index (κ2) is 6.84. The Balaban J connectivity index is 1.70. The molecule has 1 fully saturated rings. The summed E-state index contributed by atoms with van der Waals surface area (Å²) in [6.07, 6.45) is 0. The van der Waals surface area contributed by atoms with Gasteiger partial charge in [-0.05, 0) is 48.2 Å². The quantitative estimate of drug-likeness (QED) is 0.823. The summed E-state index contributed by atoms with van der Waals surface area (Å²) in [5, 5.41) is 1.13. The third-order valence-corrected chi connectivity index (χ3v) is 4.70. The summed E-state index contributed by atoms with van der Waals surface area (Å²) in [4.78, 5) is 23.0. The van der Waals surface area contributed by atoms with Crippen LogP contribution in [0.5, 0.6) is 0 Å². The van der Waals surface area contributed by atoms with Crippen LogP contribution in [0.2, 0.25) is 0 Å². The maximum Gasteiger partial charge on any atom is 0.236 e. The highest BCUT2D eigenvalue weighted by Crippen LogP contribution is 2.25. The first-order valence-corrected chi connectivity index (χ1v) is 8.56. The fraction of sp³-hybridized carbons (Fsp3) is 0.412. The molecule has 1 aliphatic rings. The van der Waals surface area contributed by atoms with Gasteiger partial charge in [0.1, 0.15) is 5.82 Å². The Bertz CT molecular complexity index is 711. The number of benzene rings is 1. The Labute approximate surface area is 145 Å². The number of para-hydroxylation sites is 1. The molecule has 0 radical (unpaired) electrons. The summed E-state index contributed by atoms with van der Waals surface area (Å²) in [6.45, 7) is 3.62. The standard InChI is InChI=1S/C17H21BrN4O/c1-20(2)12-16(23)22-10-8-21(9-11-22)15-7-6-13-4-3-5-14(18)17(13)19-15/h3-7H,8-12H2,1-2H3. The van der Waals surface area contributed by atoms with E-state index in [0.717, 1.165) is 47.4 Å². The molecule has 5 nitrogen and oxygen atoms in total. The number of anilines is 1. The Morgan fingerprint density at radius 2 is 1.91 bits per heavy atom. The monoisotopic (exact) mass is 376 g/mol. The molecule has 6 heteroatoms. The molecular formula is C17H21BrN4O. The Morgan fingerprint density at radius 1 is 1.17 bits per heavy atom. The summed E-state index contributed by atoms with van der Waals surface area (Å²) in [6, 6.07) is 10.3. The summed E-state index contributed by atoms with van der Waals surface area (Å²) < 4.78 is 1.01. The predicted molar refractivity (Wildman–Crippen MR) is 96.8 cm³/mol. The summed E-state index contributed by atoms with van der Waals surface area (Å²) in [5.41, 5.74) is 0.983. The summed E-state index contributed by atoms with van der Waals surface area (Å²) in [7, 11) is 3.84. The van der Waals surface area contributed by atoms with Crippen molar-refractivity contribution in [2.45, 2.75) is 0 Å². The highest BCUT2D eigenvalue weighted by atomic mass is 79.9. The molecule has 23 heavy (non-hydrogen) atoms. The molecular weight excluding hydrogens is 356 g/mol. The van der Waals surface area contributed by atoms with Crippen molar-refractivity contribution in [1.29, 1.82) is 0 Å². The highest BCUT2D eigenvalue weighted by Gasteiger charge is 2.22. The number of rotatable bonds is 3. The maximum atomic E-state index is 12.1. The summed E-state index contributed by atoms with van der Waals surface area (Å²) >= 11 is 3.57. The van der Waals surface area contributed by atoms with Crippen LogP contribution in [-0.2, 0) is 4.79 Å². The molecule has 1 amide bonds. The van der Waals surface area contributed by atoms with E-state index in [2.05, 4.69) is 39.0 Å². The zero-order valence-corrected chi connectivity index (χ0v) is 15.1. The van der Waals surface area contributed by atoms with Crippen LogP contribution in [0.25, 0.3) is 10.9 Å². The first kappa shape index (κ1) is 16.2. The van der Waals surface area contributed by atoms with Gasteiger partial charge in [0.2, 0.25) is 5.91 Å². The number of likely N-dealkylation sites (N-methyl/N-ethyl adjacent to an activating group) is 1. The van der Waals surface area contributed by atoms with E-state index < -0.39 is 0 Å². The van der Waals surface area contributed by atoms with Crippen LogP contribution in [0, 0.1) is 0 Å². The average molecular weight is 377 g/mol. The third-order valence-electron chi connectivity index (χ3n) is 4.06. The second-order valence-corrected chi connectivity index (χ2v) is 6.94. The number of hydrogen-bond acceptors (Lipinski definition) is 4. The fourth-order valence-corrected chi connectivity index (χ4v) is 3.30. The minimum atomic E-state index is 0.198. The van der Waals surface area contributed by atoms with Gasteiger partial charge >= 0.3 is 0 Å². The van der Waals surface area contributed by atoms with Crippen molar-refractivity contribution in [2.75, 3.05) is 51.7 Å². The Kier molecular flexibility index (Phi) is 4.82. The molecule has 1 aromatic carbocycles. The molecule has 122 valence electrons. The van der Waals surface area contributed by atoms with Crippen LogP contribution in [-0.4, -0.2) is 67.5 Å². The fourth-order valence-electron chi connectivity index (χ4n) is 2.83. The van der Waals surface area contributed by atoms with Crippen molar-refractivity contribution < 1.29 is 4.79 Å². The molecule has 1 saturated heterocycles. The van der Waals surface area contributed by atoms with Gasteiger partial charge in [-0.15, -0.1) is 0 Å². The number of halogens is 1. The number of aromatic nitrogens is 1. The van der Waals surface area contributed by atoms with Gasteiger partial charge in [-0.25, -0.2) is 4.98 Å². The van der Waals surface area contributed by atoms with Crippen LogP contribution >= 0.6 is 15.9 Å². The molecule has 1 aromatic heterocycles. The predicted octanol–water partition coefficient (Wildman–Crippen LogP) is 2.21. The molecule has 3 rings (SSSR count). The molecule has 0 saturated carbocycles. The van der Waals surface area contributed by atoms with E-state index in [-0.39, 0.29) is 5.91 Å². The normalized spacial score (nSPS) is 15.5. The first-order valence-electron chi connectivity index (χ1n) is 7.77. The second-order valence-electron chi connectivity index (χ2n) is 6.09. The van der Waals surface area contributed by atoms with Gasteiger partial charge in [0, 0.05) is 36.0 Å². The topological polar surface area (TPSA) is 39.7 Å². The van der Waals surface area contributed by atoms with Gasteiger partial charge in [-0.3, -0.25) is 4.79 Å². The minimum Gasteiger partial charge on any atom is -0.353 e. The summed E-state index contributed by atoms with van der Waals surface area (Å²) in [5.74, 6) is 1.17. The van der Waals surface area contributed by atoms with Crippen molar-refractivity contribution in [3.63, 3.8) is 0 Å². The van der Waals surface area contributed by atoms with E-state index in [1.807, 2.05) is 36.0 Å². The average Bonchev–Trinajstić information content (AvgIpc) is 2.54. The minimum absolute atomic E-state index is 0.198. The number of carbonyl (C=O) groups is 1. The smallest absolute Gasteiger partial charge is 0.236 e. The van der Waals surface area contributed by atoms with Crippen LogP contribution in [0.15, 0.2) is 34.8 Å². The largest absolute Gasteiger partial charge is 0.353 e. The van der Waals surface area contributed by atoms with Crippen molar-refractivity contribution >= 4 is 38.6 Å². The van der Waals surface area contributed by atoms with Crippen LogP contribution in [0.4, 0.5) is 5.82 Å². The number of pyridine rings is 1. The zero-order valence-electron chi connectivity index (χ0n) is 13.5. The lowest BCUT2D eigenvalue weighted by Crippen LogP contribution is -2.50. The SMILES string of the molecule is CN(C)CC(=O)N1CCN(c2ccc3cccc(Br)c3n2)CC1. The lowest BCUT2D eigenvalue weighted by Gasteiger charge is -2.36. The molecule has 0 spiro atoms. The van der Waals surface area contributed by atoms with Gasteiger partial charge in [0.25, 0.3) is 0 Å². The first-order chi connectivity index (χ1) is 11.0. The molecule has 2 aromatic rings. The number of fused-ring (bicyclic) bond motifs is 1. The van der Waals surface area contributed by atoms with Crippen LogP contribution in [0.3, 0.4) is 0 Å². The van der Waals surface area contributed by atoms with Gasteiger partial charge in [0.05, 0.1) is 12.1 Å². The van der Waals surface area contributed by atoms with Gasteiger partial charge in [-0.2, -0.15) is 0 Å². The van der Waals surface area contributed by atoms with E-state index in [1.54, 1.807) is 0 Å². The van der Waals surface area contributed by atoms with E-state index in [4.69, 9.17) is 4.98 Å². The van der Waals surface area contributed by atoms with E-state index in [9.17, 15) is 4.79 Å². The Morgan fingerprint density at radius 3 is 2.61 bits per heavy atom. The highest BCUT2D eigenvalue weighted by molar-refractivity contribution is 9.10. The third kappa shape index (κ3) is 3.64. The van der Waals surface area contributed by atoms with Crippen molar-refractivity contribution in [2.24, 2.45) is 0 Å². The molecule has 0 unspecified atom stereocenters.